The van der Waals surface area contributed by atoms with E-state index in [2.05, 4.69) is 111 Å². The molecule has 0 aliphatic rings. The van der Waals surface area contributed by atoms with E-state index < -0.39 is 18.2 Å². The number of nitrogens with one attached hydrogen (secondary N) is 1. The third kappa shape index (κ3) is 47.5. The highest BCUT2D eigenvalue weighted by Crippen LogP contribution is 2.17. The molecule has 0 heterocycles. The number of hydrogen-bond acceptors (Lipinski definition) is 5. The molecule has 0 rings (SSSR count). The fraction of sp³-hybridized carbons (Fsp3) is 0.733. The molecule has 66 heavy (non-hydrogen) atoms. The summed E-state index contributed by atoms with van der Waals surface area (Å²) in [6, 6.07) is -0.720. The second-order valence-corrected chi connectivity index (χ2v) is 18.6. The Kier molecular flexibility index (Phi) is 50.6. The lowest BCUT2D eigenvalue weighted by molar-refractivity contribution is -0.151. The fourth-order valence-corrected chi connectivity index (χ4v) is 8.04. The summed E-state index contributed by atoms with van der Waals surface area (Å²) in [6.07, 6.45) is 69.3. The van der Waals surface area contributed by atoms with E-state index in [9.17, 15) is 19.8 Å². The Morgan fingerprint density at radius 1 is 0.470 bits per heavy atom. The molecule has 0 aliphatic heterocycles. The van der Waals surface area contributed by atoms with Crippen molar-refractivity contribution in [3.8, 4) is 0 Å². The number of carbonyl (C=O) groups is 2. The standard InChI is InChI=1S/C60H105NO5/c1-4-7-10-13-16-19-22-25-27-28-29-30-32-35-38-41-44-47-50-53-60(65)66-56(51-48-45-42-39-36-33-24-21-18-15-12-9-6-3)54-59(64)61-57(55-62)58(63)52-49-46-43-40-37-34-31-26-23-20-17-14-11-8-5-2/h7,10,16,18-19,21,24-25,27,29-30,33,35,38,56-58,62-63H,4-6,8-9,11-15,17,20,22-23,26,28,31-32,34,36-37,39-55H2,1-3H3,(H,61,64)/b10-7-,19-16-,21-18+,27-25-,30-29-,33-24+,38-35-. The Morgan fingerprint density at radius 3 is 1.36 bits per heavy atom. The first-order valence-corrected chi connectivity index (χ1v) is 27.8. The summed E-state index contributed by atoms with van der Waals surface area (Å²) in [5.74, 6) is -0.533. The molecule has 0 aliphatic carbocycles. The Bertz CT molecular complexity index is 1260. The van der Waals surface area contributed by atoms with E-state index in [0.717, 1.165) is 116 Å². The first-order valence-electron chi connectivity index (χ1n) is 27.8. The largest absolute Gasteiger partial charge is 0.462 e. The molecule has 0 radical (unpaired) electrons. The number of rotatable bonds is 49. The lowest BCUT2D eigenvalue weighted by Gasteiger charge is -2.24. The maximum atomic E-state index is 13.2. The summed E-state index contributed by atoms with van der Waals surface area (Å²) in [7, 11) is 0. The van der Waals surface area contributed by atoms with Crippen molar-refractivity contribution >= 4 is 11.9 Å². The zero-order valence-electron chi connectivity index (χ0n) is 43.3. The zero-order valence-corrected chi connectivity index (χ0v) is 43.3. The normalized spacial score (nSPS) is 13.8. The van der Waals surface area contributed by atoms with Crippen LogP contribution in [0.1, 0.15) is 258 Å². The van der Waals surface area contributed by atoms with E-state index in [1.165, 1.54) is 96.3 Å². The minimum atomic E-state index is -0.804. The van der Waals surface area contributed by atoms with Crippen molar-refractivity contribution < 1.29 is 24.5 Å². The third-order valence-electron chi connectivity index (χ3n) is 12.2. The molecule has 3 N–H and O–H groups in total. The maximum Gasteiger partial charge on any atom is 0.306 e. The summed E-state index contributed by atoms with van der Waals surface area (Å²) >= 11 is 0. The molecule has 3 atom stereocenters. The molecule has 0 bridgehead atoms. The summed E-state index contributed by atoms with van der Waals surface area (Å²) in [4.78, 5) is 26.2. The summed E-state index contributed by atoms with van der Waals surface area (Å²) in [5, 5.41) is 23.8. The number of esters is 1. The number of hydrogen-bond donors (Lipinski definition) is 3. The highest BCUT2D eigenvalue weighted by Gasteiger charge is 2.24. The van der Waals surface area contributed by atoms with Crippen LogP contribution in [0.4, 0.5) is 0 Å². The zero-order chi connectivity index (χ0) is 48.1. The number of allylic oxidation sites excluding steroid dienone is 14. The number of aliphatic hydroxyl groups is 2. The smallest absolute Gasteiger partial charge is 0.306 e. The molecule has 0 fully saturated rings. The molecule has 0 aromatic carbocycles. The van der Waals surface area contributed by atoms with Crippen LogP contribution in [-0.2, 0) is 14.3 Å². The van der Waals surface area contributed by atoms with E-state index in [0.29, 0.717) is 19.3 Å². The molecule has 6 heteroatoms. The number of amides is 1. The van der Waals surface area contributed by atoms with Crippen molar-refractivity contribution in [2.45, 2.75) is 277 Å². The van der Waals surface area contributed by atoms with Gasteiger partial charge in [0.25, 0.3) is 0 Å². The lowest BCUT2D eigenvalue weighted by Crippen LogP contribution is -2.46. The van der Waals surface area contributed by atoms with E-state index in [1.807, 2.05) is 0 Å². The Balaban J connectivity index is 4.63. The molecular formula is C60H105NO5. The Labute approximate surface area is 408 Å². The number of unbranched alkanes of at least 4 members (excludes halogenated alkanes) is 24. The summed E-state index contributed by atoms with van der Waals surface area (Å²) in [5.41, 5.74) is 0. The first-order chi connectivity index (χ1) is 32.5. The summed E-state index contributed by atoms with van der Waals surface area (Å²) < 4.78 is 5.93. The molecular weight excluding hydrogens is 815 g/mol. The minimum absolute atomic E-state index is 0.0469. The molecule has 0 saturated heterocycles. The van der Waals surface area contributed by atoms with Crippen molar-refractivity contribution in [3.05, 3.63) is 85.1 Å². The van der Waals surface area contributed by atoms with Crippen LogP contribution in [0.5, 0.6) is 0 Å². The third-order valence-corrected chi connectivity index (χ3v) is 12.2. The average molecular weight is 921 g/mol. The molecule has 6 nitrogen and oxygen atoms in total. The van der Waals surface area contributed by atoms with Gasteiger partial charge in [-0.2, -0.15) is 0 Å². The van der Waals surface area contributed by atoms with Crippen LogP contribution in [0.2, 0.25) is 0 Å². The van der Waals surface area contributed by atoms with Crippen LogP contribution in [0.25, 0.3) is 0 Å². The van der Waals surface area contributed by atoms with E-state index in [-0.39, 0.29) is 24.9 Å². The molecule has 0 spiro atoms. The van der Waals surface area contributed by atoms with E-state index in [1.54, 1.807) is 0 Å². The highest BCUT2D eigenvalue weighted by atomic mass is 16.5. The second-order valence-electron chi connectivity index (χ2n) is 18.6. The Morgan fingerprint density at radius 2 is 0.864 bits per heavy atom. The van der Waals surface area contributed by atoms with Gasteiger partial charge in [-0.25, -0.2) is 0 Å². The maximum absolute atomic E-state index is 13.2. The SMILES string of the molecule is CC/C=C\C/C=C\C/C=C\C/C=C\C/C=C\CCCCCC(=O)OC(CCCCCC/C=C/C=C/CCCCC)CC(=O)NC(CO)C(O)CCCCCCCCCCCCCCCCC. The van der Waals surface area contributed by atoms with Gasteiger partial charge in [0.1, 0.15) is 6.10 Å². The minimum Gasteiger partial charge on any atom is -0.462 e. The molecule has 0 aromatic heterocycles. The molecule has 380 valence electrons. The van der Waals surface area contributed by atoms with Crippen LogP contribution < -0.4 is 5.32 Å². The highest BCUT2D eigenvalue weighted by molar-refractivity contribution is 5.77. The fourth-order valence-electron chi connectivity index (χ4n) is 8.04. The molecule has 3 unspecified atom stereocenters. The van der Waals surface area contributed by atoms with Crippen molar-refractivity contribution in [2.24, 2.45) is 0 Å². The van der Waals surface area contributed by atoms with Gasteiger partial charge in [-0.3, -0.25) is 9.59 Å². The second kappa shape index (κ2) is 53.0. The van der Waals surface area contributed by atoms with Crippen LogP contribution in [0.3, 0.4) is 0 Å². The van der Waals surface area contributed by atoms with Gasteiger partial charge in [0, 0.05) is 6.42 Å². The van der Waals surface area contributed by atoms with Gasteiger partial charge in [-0.15, -0.1) is 0 Å². The number of carbonyl (C=O) groups excluding carboxylic acids is 2. The summed E-state index contributed by atoms with van der Waals surface area (Å²) in [6.45, 7) is 6.34. The van der Waals surface area contributed by atoms with Crippen LogP contribution >= 0.6 is 0 Å². The van der Waals surface area contributed by atoms with Gasteiger partial charge >= 0.3 is 5.97 Å². The van der Waals surface area contributed by atoms with Crippen LogP contribution in [0, 0.1) is 0 Å². The predicted molar refractivity (Wildman–Crippen MR) is 287 cm³/mol. The number of aliphatic hydroxyl groups excluding tert-OH is 2. The quantitative estimate of drug-likeness (QED) is 0.0245. The van der Waals surface area contributed by atoms with Gasteiger partial charge < -0.3 is 20.3 Å². The predicted octanol–water partition coefficient (Wildman–Crippen LogP) is 17.1. The molecule has 0 aromatic rings. The van der Waals surface area contributed by atoms with Crippen LogP contribution in [0.15, 0.2) is 85.1 Å². The molecule has 1 amide bonds. The van der Waals surface area contributed by atoms with Crippen molar-refractivity contribution in [3.63, 3.8) is 0 Å². The van der Waals surface area contributed by atoms with E-state index in [4.69, 9.17) is 4.74 Å². The number of ether oxygens (including phenoxy) is 1. The Hall–Kier alpha value is -2.96. The topological polar surface area (TPSA) is 95.9 Å². The van der Waals surface area contributed by atoms with Gasteiger partial charge in [-0.05, 0) is 96.3 Å². The van der Waals surface area contributed by atoms with Gasteiger partial charge in [0.05, 0.1) is 25.2 Å². The van der Waals surface area contributed by atoms with E-state index >= 15 is 0 Å². The van der Waals surface area contributed by atoms with Crippen molar-refractivity contribution in [1.82, 2.24) is 5.32 Å². The monoisotopic (exact) mass is 920 g/mol. The lowest BCUT2D eigenvalue weighted by atomic mass is 10.0. The van der Waals surface area contributed by atoms with Crippen molar-refractivity contribution in [1.29, 1.82) is 0 Å². The van der Waals surface area contributed by atoms with Gasteiger partial charge in [-0.1, -0.05) is 234 Å². The molecule has 0 saturated carbocycles. The first kappa shape index (κ1) is 63.0. The van der Waals surface area contributed by atoms with Crippen LogP contribution in [-0.4, -0.2) is 46.9 Å². The van der Waals surface area contributed by atoms with Gasteiger partial charge in [0.15, 0.2) is 0 Å². The van der Waals surface area contributed by atoms with Gasteiger partial charge in [0.2, 0.25) is 5.91 Å². The van der Waals surface area contributed by atoms with Crippen molar-refractivity contribution in [2.75, 3.05) is 6.61 Å². The average Bonchev–Trinajstić information content (AvgIpc) is 3.31.